The predicted octanol–water partition coefficient (Wildman–Crippen LogP) is 4.54. The number of aromatic hydroxyl groups is 1. The maximum absolute atomic E-state index is 9.97. The molecule has 0 fully saturated rings. The van der Waals surface area contributed by atoms with Gasteiger partial charge in [0.05, 0.1) is 39.8 Å². The Morgan fingerprint density at radius 1 is 1.03 bits per heavy atom. The molecule has 2 aromatic carbocycles. The third-order valence-electron chi connectivity index (χ3n) is 4.62. The fraction of sp³-hybridized carbons (Fsp3) is 0.333. The van der Waals surface area contributed by atoms with Gasteiger partial charge in [0.25, 0.3) is 0 Å². The first kappa shape index (κ1) is 24.2. The van der Waals surface area contributed by atoms with E-state index >= 15 is 0 Å². The molecular formula is C24H29N3O5S. The molecule has 0 atom stereocenters. The van der Waals surface area contributed by atoms with Gasteiger partial charge in [-0.2, -0.15) is 5.10 Å². The standard InChI is InChI=1S/C24H29N3O5S/c1-7-32-20-10-16(8-9-19(20)28)13-25-27-18(14-33-24(27)26-15(2)3)17-11-21(29-4)23(31-6)22(12-17)30-5/h8-15,28H,7H2,1-6H3. The van der Waals surface area contributed by atoms with E-state index in [1.54, 1.807) is 50.4 Å². The van der Waals surface area contributed by atoms with E-state index in [-0.39, 0.29) is 11.8 Å². The summed E-state index contributed by atoms with van der Waals surface area (Å²) in [6, 6.07) is 8.95. The van der Waals surface area contributed by atoms with E-state index < -0.39 is 0 Å². The lowest BCUT2D eigenvalue weighted by Gasteiger charge is -2.14. The van der Waals surface area contributed by atoms with E-state index in [2.05, 4.69) is 0 Å². The molecule has 8 nitrogen and oxygen atoms in total. The summed E-state index contributed by atoms with van der Waals surface area (Å²) in [6.07, 6.45) is 1.70. The Morgan fingerprint density at radius 3 is 2.30 bits per heavy atom. The maximum atomic E-state index is 9.97. The quantitative estimate of drug-likeness (QED) is 0.463. The second-order valence-corrected chi connectivity index (χ2v) is 8.09. The first-order chi connectivity index (χ1) is 15.9. The summed E-state index contributed by atoms with van der Waals surface area (Å²) in [6.45, 7) is 6.35. The summed E-state index contributed by atoms with van der Waals surface area (Å²) >= 11 is 1.49. The molecule has 176 valence electrons. The predicted molar refractivity (Wildman–Crippen MR) is 130 cm³/mol. The van der Waals surface area contributed by atoms with Gasteiger partial charge in [-0.25, -0.2) is 4.68 Å². The summed E-state index contributed by atoms with van der Waals surface area (Å²) < 4.78 is 23.7. The minimum Gasteiger partial charge on any atom is -0.504 e. The van der Waals surface area contributed by atoms with Crippen molar-refractivity contribution < 1.29 is 24.1 Å². The van der Waals surface area contributed by atoms with Gasteiger partial charge in [-0.15, -0.1) is 11.3 Å². The molecule has 9 heteroatoms. The van der Waals surface area contributed by atoms with Crippen molar-refractivity contribution >= 4 is 17.6 Å². The zero-order chi connectivity index (χ0) is 24.0. The lowest BCUT2D eigenvalue weighted by molar-refractivity contribution is 0.318. The topological polar surface area (TPSA) is 86.8 Å². The van der Waals surface area contributed by atoms with Crippen LogP contribution in [0.5, 0.6) is 28.7 Å². The number of aromatic nitrogens is 1. The van der Waals surface area contributed by atoms with Crippen LogP contribution >= 0.6 is 11.3 Å². The average molecular weight is 472 g/mol. The van der Waals surface area contributed by atoms with Crippen LogP contribution in [0.2, 0.25) is 0 Å². The van der Waals surface area contributed by atoms with Gasteiger partial charge < -0.3 is 24.1 Å². The zero-order valence-electron chi connectivity index (χ0n) is 19.7. The molecule has 3 aromatic rings. The number of methoxy groups -OCH3 is 3. The number of thiazole rings is 1. The molecule has 0 radical (unpaired) electrons. The Hall–Kier alpha value is -3.46. The molecule has 0 aliphatic carbocycles. The van der Waals surface area contributed by atoms with E-state index in [1.165, 1.54) is 11.3 Å². The number of ether oxygens (including phenoxy) is 4. The lowest BCUT2D eigenvalue weighted by Crippen LogP contribution is -2.14. The SMILES string of the molecule is CCOc1cc(C=Nn2c(-c3cc(OC)c(OC)c(OC)c3)csc2=NC(C)C)ccc1O. The van der Waals surface area contributed by atoms with Crippen LogP contribution in [0.3, 0.4) is 0 Å². The van der Waals surface area contributed by atoms with Gasteiger partial charge >= 0.3 is 0 Å². The van der Waals surface area contributed by atoms with Crippen molar-refractivity contribution in [2.75, 3.05) is 27.9 Å². The van der Waals surface area contributed by atoms with E-state index in [4.69, 9.17) is 29.0 Å². The van der Waals surface area contributed by atoms with Crippen molar-refractivity contribution in [3.8, 4) is 40.0 Å². The molecule has 0 saturated heterocycles. The van der Waals surface area contributed by atoms with Crippen molar-refractivity contribution in [3.05, 3.63) is 46.1 Å². The molecule has 0 unspecified atom stereocenters. The van der Waals surface area contributed by atoms with Crippen LogP contribution in [0.4, 0.5) is 0 Å². The van der Waals surface area contributed by atoms with Crippen molar-refractivity contribution in [1.82, 2.24) is 4.68 Å². The summed E-state index contributed by atoms with van der Waals surface area (Å²) in [7, 11) is 4.74. The number of phenols is 1. The van der Waals surface area contributed by atoms with Crippen LogP contribution in [0.15, 0.2) is 45.8 Å². The van der Waals surface area contributed by atoms with Crippen molar-refractivity contribution in [2.24, 2.45) is 10.1 Å². The minimum atomic E-state index is 0.0887. The molecule has 3 rings (SSSR count). The maximum Gasteiger partial charge on any atom is 0.206 e. The molecule has 1 heterocycles. The normalized spacial score (nSPS) is 11.9. The molecule has 0 amide bonds. The highest BCUT2D eigenvalue weighted by molar-refractivity contribution is 7.07. The highest BCUT2D eigenvalue weighted by Gasteiger charge is 2.17. The number of nitrogens with zero attached hydrogens (tertiary/aromatic N) is 3. The minimum absolute atomic E-state index is 0.0887. The largest absolute Gasteiger partial charge is 0.504 e. The lowest BCUT2D eigenvalue weighted by atomic mass is 10.1. The van der Waals surface area contributed by atoms with E-state index in [9.17, 15) is 5.11 Å². The summed E-state index contributed by atoms with van der Waals surface area (Å²) in [5.41, 5.74) is 2.43. The summed E-state index contributed by atoms with van der Waals surface area (Å²) in [5, 5.41) is 16.7. The number of hydrogen-bond donors (Lipinski definition) is 1. The first-order valence-electron chi connectivity index (χ1n) is 10.5. The second kappa shape index (κ2) is 10.9. The van der Waals surface area contributed by atoms with Gasteiger partial charge in [-0.05, 0) is 56.7 Å². The van der Waals surface area contributed by atoms with Crippen LogP contribution < -0.4 is 23.7 Å². The summed E-state index contributed by atoms with van der Waals surface area (Å²) in [5.74, 6) is 2.12. The van der Waals surface area contributed by atoms with Crippen LogP contribution in [0.25, 0.3) is 11.3 Å². The first-order valence-corrected chi connectivity index (χ1v) is 11.3. The third-order valence-corrected chi connectivity index (χ3v) is 5.45. The molecule has 0 spiro atoms. The average Bonchev–Trinajstić information content (AvgIpc) is 3.20. The van der Waals surface area contributed by atoms with Gasteiger partial charge in [0.2, 0.25) is 10.6 Å². The molecule has 1 aromatic heterocycles. The Kier molecular flexibility index (Phi) is 8.00. The van der Waals surface area contributed by atoms with Gasteiger partial charge in [0.1, 0.15) is 0 Å². The monoisotopic (exact) mass is 471 g/mol. The summed E-state index contributed by atoms with van der Waals surface area (Å²) in [4.78, 5) is 5.46. The number of rotatable bonds is 9. The van der Waals surface area contributed by atoms with Crippen molar-refractivity contribution in [3.63, 3.8) is 0 Å². The Bertz CT molecular complexity index is 1170. The fourth-order valence-electron chi connectivity index (χ4n) is 3.15. The molecule has 33 heavy (non-hydrogen) atoms. The molecule has 0 bridgehead atoms. The van der Waals surface area contributed by atoms with Crippen LogP contribution in [-0.2, 0) is 0 Å². The van der Waals surface area contributed by atoms with Crippen LogP contribution in [0, 0.1) is 0 Å². The Labute approximate surface area is 197 Å². The molecule has 1 N–H and O–H groups in total. The smallest absolute Gasteiger partial charge is 0.206 e. The van der Waals surface area contributed by atoms with Crippen LogP contribution in [-0.4, -0.2) is 50.0 Å². The van der Waals surface area contributed by atoms with Crippen LogP contribution in [0.1, 0.15) is 26.3 Å². The van der Waals surface area contributed by atoms with Gasteiger partial charge in [-0.3, -0.25) is 4.99 Å². The molecule has 0 aliphatic heterocycles. The van der Waals surface area contributed by atoms with E-state index in [1.807, 2.05) is 38.3 Å². The van der Waals surface area contributed by atoms with Crippen molar-refractivity contribution in [2.45, 2.75) is 26.8 Å². The number of hydrogen-bond acceptors (Lipinski definition) is 8. The van der Waals surface area contributed by atoms with Crippen molar-refractivity contribution in [1.29, 1.82) is 0 Å². The highest BCUT2D eigenvalue weighted by atomic mass is 32.1. The highest BCUT2D eigenvalue weighted by Crippen LogP contribution is 2.41. The molecule has 0 saturated carbocycles. The fourth-order valence-corrected chi connectivity index (χ4v) is 4.12. The van der Waals surface area contributed by atoms with E-state index in [0.717, 1.165) is 21.6 Å². The van der Waals surface area contributed by atoms with Gasteiger partial charge in [0.15, 0.2) is 23.0 Å². The zero-order valence-corrected chi connectivity index (χ0v) is 20.5. The number of phenolic OH excluding ortho intramolecular Hbond substituents is 1. The molecule has 0 aliphatic rings. The van der Waals surface area contributed by atoms with E-state index in [0.29, 0.717) is 29.6 Å². The molecular weight excluding hydrogens is 442 g/mol. The third kappa shape index (κ3) is 5.48. The van der Waals surface area contributed by atoms with Gasteiger partial charge in [0, 0.05) is 17.0 Å². The second-order valence-electron chi connectivity index (χ2n) is 7.26. The van der Waals surface area contributed by atoms with Gasteiger partial charge in [-0.1, -0.05) is 0 Å². The Morgan fingerprint density at radius 2 is 1.73 bits per heavy atom. The Balaban J connectivity index is 2.14. The number of benzene rings is 2.